The maximum atomic E-state index is 12.9. The fraction of sp³-hybridized carbons (Fsp3) is 0.625. The summed E-state index contributed by atoms with van der Waals surface area (Å²) in [5, 5.41) is 10.5. The average molecular weight is 307 g/mol. The Morgan fingerprint density at radius 2 is 2.23 bits per heavy atom. The molecule has 0 radical (unpaired) electrons. The van der Waals surface area contributed by atoms with E-state index < -0.39 is 5.82 Å². The highest BCUT2D eigenvalue weighted by atomic mass is 19.1. The molecule has 0 saturated carbocycles. The van der Waals surface area contributed by atoms with Crippen LogP contribution < -0.4 is 0 Å². The van der Waals surface area contributed by atoms with E-state index in [1.54, 1.807) is 4.90 Å². The van der Waals surface area contributed by atoms with Gasteiger partial charge in [0.25, 0.3) is 5.91 Å². The SMILES string of the molecule is CN1CC[C@H](O)[C@@]2(CCCN(C(=O)c3ccc(F)cn3)C2)C1. The van der Waals surface area contributed by atoms with Crippen molar-refractivity contribution in [3.05, 3.63) is 29.8 Å². The van der Waals surface area contributed by atoms with E-state index in [-0.39, 0.29) is 23.1 Å². The smallest absolute Gasteiger partial charge is 0.272 e. The number of carbonyl (C=O) groups excluding carboxylic acids is 1. The number of rotatable bonds is 1. The van der Waals surface area contributed by atoms with Crippen molar-refractivity contribution in [2.75, 3.05) is 33.2 Å². The van der Waals surface area contributed by atoms with Crippen LogP contribution in [0.15, 0.2) is 18.3 Å². The Bertz CT molecular complexity index is 551. The standard InChI is InChI=1S/C16H22FN3O2/c1-19-8-5-14(21)16(10-19)6-2-7-20(11-16)15(22)13-4-3-12(17)9-18-13/h3-4,9,14,21H,2,5-8,10-11H2,1H3/t14-,16-/m0/s1. The summed E-state index contributed by atoms with van der Waals surface area (Å²) in [6.45, 7) is 2.89. The summed E-state index contributed by atoms with van der Waals surface area (Å²) < 4.78 is 12.9. The zero-order chi connectivity index (χ0) is 15.7. The van der Waals surface area contributed by atoms with Gasteiger partial charge in [0.15, 0.2) is 0 Å². The van der Waals surface area contributed by atoms with Crippen LogP contribution in [0.2, 0.25) is 0 Å². The lowest BCUT2D eigenvalue weighted by molar-refractivity contribution is -0.0731. The number of amides is 1. The third-order valence-corrected chi connectivity index (χ3v) is 4.92. The molecular formula is C16H22FN3O2. The summed E-state index contributed by atoms with van der Waals surface area (Å²) in [5.41, 5.74) is 0.0121. The number of hydrogen-bond donors (Lipinski definition) is 1. The molecule has 1 amide bonds. The second-order valence-corrected chi connectivity index (χ2v) is 6.60. The molecule has 2 aliphatic heterocycles. The third kappa shape index (κ3) is 2.85. The van der Waals surface area contributed by atoms with Crippen LogP contribution in [0.4, 0.5) is 4.39 Å². The maximum absolute atomic E-state index is 12.9. The predicted octanol–water partition coefficient (Wildman–Crippen LogP) is 1.14. The molecule has 2 fully saturated rings. The van der Waals surface area contributed by atoms with Crippen molar-refractivity contribution in [2.24, 2.45) is 5.41 Å². The number of carbonyl (C=O) groups is 1. The van der Waals surface area contributed by atoms with Crippen molar-refractivity contribution in [3.63, 3.8) is 0 Å². The second kappa shape index (κ2) is 5.93. The molecule has 3 heterocycles. The molecule has 1 N–H and O–H groups in total. The summed E-state index contributed by atoms with van der Waals surface area (Å²) in [6, 6.07) is 2.67. The number of piperidine rings is 2. The molecule has 1 spiro atoms. The minimum atomic E-state index is -0.448. The second-order valence-electron chi connectivity index (χ2n) is 6.60. The van der Waals surface area contributed by atoms with E-state index in [2.05, 4.69) is 16.9 Å². The molecule has 2 aliphatic rings. The van der Waals surface area contributed by atoms with Crippen LogP contribution in [0, 0.1) is 11.2 Å². The van der Waals surface area contributed by atoms with Gasteiger partial charge < -0.3 is 14.9 Å². The van der Waals surface area contributed by atoms with Crippen molar-refractivity contribution < 1.29 is 14.3 Å². The summed E-state index contributed by atoms with van der Waals surface area (Å²) in [6.07, 6.45) is 3.24. The molecule has 120 valence electrons. The van der Waals surface area contributed by atoms with E-state index in [0.717, 1.165) is 38.5 Å². The van der Waals surface area contributed by atoms with Crippen molar-refractivity contribution in [1.29, 1.82) is 0 Å². The summed E-state index contributed by atoms with van der Waals surface area (Å²) in [5.74, 6) is -0.629. The third-order valence-electron chi connectivity index (χ3n) is 4.92. The van der Waals surface area contributed by atoms with Gasteiger partial charge in [-0.15, -0.1) is 0 Å². The number of halogens is 1. The molecule has 6 heteroatoms. The molecule has 0 aliphatic carbocycles. The monoisotopic (exact) mass is 307 g/mol. The summed E-state index contributed by atoms with van der Waals surface area (Å²) >= 11 is 0. The van der Waals surface area contributed by atoms with Crippen LogP contribution in [-0.4, -0.2) is 65.1 Å². The molecule has 22 heavy (non-hydrogen) atoms. The Kier molecular flexibility index (Phi) is 4.14. The van der Waals surface area contributed by atoms with Crippen molar-refractivity contribution in [3.8, 4) is 0 Å². The van der Waals surface area contributed by atoms with Gasteiger partial charge in [-0.1, -0.05) is 0 Å². The molecular weight excluding hydrogens is 285 g/mol. The minimum absolute atomic E-state index is 0.181. The Balaban J connectivity index is 1.77. The van der Waals surface area contributed by atoms with Crippen LogP contribution in [0.25, 0.3) is 0 Å². The number of aromatic nitrogens is 1. The van der Waals surface area contributed by atoms with E-state index in [9.17, 15) is 14.3 Å². The number of aliphatic hydroxyl groups excluding tert-OH is 1. The molecule has 5 nitrogen and oxygen atoms in total. The topological polar surface area (TPSA) is 56.7 Å². The van der Waals surface area contributed by atoms with E-state index in [4.69, 9.17) is 0 Å². The highest BCUT2D eigenvalue weighted by molar-refractivity contribution is 5.92. The van der Waals surface area contributed by atoms with Crippen LogP contribution >= 0.6 is 0 Å². The number of hydrogen-bond acceptors (Lipinski definition) is 4. The van der Waals surface area contributed by atoms with Crippen LogP contribution in [0.5, 0.6) is 0 Å². The van der Waals surface area contributed by atoms with Gasteiger partial charge in [-0.2, -0.15) is 0 Å². The van der Waals surface area contributed by atoms with Gasteiger partial charge >= 0.3 is 0 Å². The van der Waals surface area contributed by atoms with Gasteiger partial charge in [-0.25, -0.2) is 9.37 Å². The minimum Gasteiger partial charge on any atom is -0.392 e. The lowest BCUT2D eigenvalue weighted by atomic mass is 9.71. The molecule has 2 saturated heterocycles. The Hall–Kier alpha value is -1.53. The molecule has 3 rings (SSSR count). The molecule has 0 unspecified atom stereocenters. The first kappa shape index (κ1) is 15.4. The van der Waals surface area contributed by atoms with Gasteiger partial charge in [-0.05, 0) is 38.4 Å². The van der Waals surface area contributed by atoms with E-state index in [1.165, 1.54) is 12.1 Å². The average Bonchev–Trinajstić information content (AvgIpc) is 2.52. The normalized spacial score (nSPS) is 29.8. The molecule has 1 aromatic rings. The fourth-order valence-electron chi connectivity index (χ4n) is 3.77. The van der Waals surface area contributed by atoms with E-state index in [1.807, 2.05) is 0 Å². The highest BCUT2D eigenvalue weighted by Gasteiger charge is 2.45. The number of pyridine rings is 1. The van der Waals surface area contributed by atoms with Crippen molar-refractivity contribution in [1.82, 2.24) is 14.8 Å². The Morgan fingerprint density at radius 3 is 2.95 bits per heavy atom. The Morgan fingerprint density at radius 1 is 1.41 bits per heavy atom. The zero-order valence-corrected chi connectivity index (χ0v) is 12.8. The van der Waals surface area contributed by atoms with Crippen LogP contribution in [0.1, 0.15) is 29.8 Å². The van der Waals surface area contributed by atoms with Gasteiger partial charge in [0, 0.05) is 31.6 Å². The van der Waals surface area contributed by atoms with Crippen LogP contribution in [0.3, 0.4) is 0 Å². The highest BCUT2D eigenvalue weighted by Crippen LogP contribution is 2.38. The number of nitrogens with zero attached hydrogens (tertiary/aromatic N) is 3. The number of likely N-dealkylation sites (tertiary alicyclic amines) is 2. The van der Waals surface area contributed by atoms with E-state index in [0.29, 0.717) is 13.1 Å². The van der Waals surface area contributed by atoms with Crippen molar-refractivity contribution >= 4 is 5.91 Å². The number of aliphatic hydroxyl groups is 1. The van der Waals surface area contributed by atoms with Crippen LogP contribution in [-0.2, 0) is 0 Å². The van der Waals surface area contributed by atoms with Gasteiger partial charge in [-0.3, -0.25) is 4.79 Å². The first-order valence-corrected chi connectivity index (χ1v) is 7.78. The Labute approximate surface area is 129 Å². The quantitative estimate of drug-likeness (QED) is 0.845. The first-order chi connectivity index (χ1) is 10.5. The first-order valence-electron chi connectivity index (χ1n) is 7.78. The molecule has 0 bridgehead atoms. The lowest BCUT2D eigenvalue weighted by Crippen LogP contribution is -2.59. The molecule has 1 aromatic heterocycles. The molecule has 2 atom stereocenters. The lowest BCUT2D eigenvalue weighted by Gasteiger charge is -2.50. The van der Waals surface area contributed by atoms with Gasteiger partial charge in [0.1, 0.15) is 11.5 Å². The fourth-order valence-corrected chi connectivity index (χ4v) is 3.77. The molecule has 0 aromatic carbocycles. The zero-order valence-electron chi connectivity index (χ0n) is 12.8. The van der Waals surface area contributed by atoms with E-state index >= 15 is 0 Å². The van der Waals surface area contributed by atoms with Gasteiger partial charge in [0.05, 0.1) is 12.3 Å². The van der Waals surface area contributed by atoms with Crippen molar-refractivity contribution in [2.45, 2.75) is 25.4 Å². The summed E-state index contributed by atoms with van der Waals surface area (Å²) in [7, 11) is 2.05. The predicted molar refractivity (Wildman–Crippen MR) is 79.9 cm³/mol. The maximum Gasteiger partial charge on any atom is 0.272 e. The summed E-state index contributed by atoms with van der Waals surface area (Å²) in [4.78, 5) is 20.4. The largest absolute Gasteiger partial charge is 0.392 e. The van der Waals surface area contributed by atoms with Gasteiger partial charge in [0.2, 0.25) is 0 Å².